The summed E-state index contributed by atoms with van der Waals surface area (Å²) >= 11 is 3.44. The number of amides is 1. The summed E-state index contributed by atoms with van der Waals surface area (Å²) in [6.07, 6.45) is 0. The Bertz CT molecular complexity index is 682. The number of halogens is 1. The Labute approximate surface area is 133 Å². The van der Waals surface area contributed by atoms with Gasteiger partial charge in [-0.2, -0.15) is 0 Å². The van der Waals surface area contributed by atoms with Gasteiger partial charge in [-0.3, -0.25) is 4.79 Å². The molecule has 21 heavy (non-hydrogen) atoms. The molecule has 110 valence electrons. The van der Waals surface area contributed by atoms with Crippen LogP contribution in [0.5, 0.6) is 0 Å². The first kappa shape index (κ1) is 15.6. The predicted octanol–water partition coefficient (Wildman–Crippen LogP) is 4.14. The first-order chi connectivity index (χ1) is 9.88. The predicted molar refractivity (Wildman–Crippen MR) is 90.4 cm³/mol. The van der Waals surface area contributed by atoms with Crippen LogP contribution in [0, 0.1) is 13.8 Å². The van der Waals surface area contributed by atoms with E-state index in [2.05, 4.69) is 21.2 Å². The van der Waals surface area contributed by atoms with Crippen LogP contribution in [-0.2, 0) is 0 Å². The second kappa shape index (κ2) is 6.31. The second-order valence-electron chi connectivity index (χ2n) is 5.27. The van der Waals surface area contributed by atoms with E-state index in [-0.39, 0.29) is 11.9 Å². The molecule has 4 heteroatoms. The molecule has 2 rings (SSSR count). The molecule has 1 atom stereocenters. The average Bonchev–Trinajstić information content (AvgIpc) is 2.42. The number of carbonyl (C=O) groups excluding carboxylic acids is 1. The average molecular weight is 347 g/mol. The molecule has 0 spiro atoms. The molecular formula is C17H19BrN2O. The van der Waals surface area contributed by atoms with Gasteiger partial charge in [0.1, 0.15) is 0 Å². The molecule has 0 bridgehead atoms. The van der Waals surface area contributed by atoms with Gasteiger partial charge in [-0.1, -0.05) is 34.1 Å². The first-order valence-corrected chi connectivity index (χ1v) is 7.61. The van der Waals surface area contributed by atoms with E-state index in [1.807, 2.05) is 51.1 Å². The van der Waals surface area contributed by atoms with Crippen molar-refractivity contribution in [1.82, 2.24) is 5.32 Å². The summed E-state index contributed by atoms with van der Waals surface area (Å²) in [6, 6.07) is 11.5. The fourth-order valence-corrected chi connectivity index (χ4v) is 2.66. The Morgan fingerprint density at radius 2 is 1.90 bits per heavy atom. The molecular weight excluding hydrogens is 328 g/mol. The zero-order chi connectivity index (χ0) is 15.6. The summed E-state index contributed by atoms with van der Waals surface area (Å²) in [5, 5.41) is 3.01. The van der Waals surface area contributed by atoms with Gasteiger partial charge < -0.3 is 11.1 Å². The molecule has 0 radical (unpaired) electrons. The van der Waals surface area contributed by atoms with Gasteiger partial charge in [0.25, 0.3) is 5.91 Å². The quantitative estimate of drug-likeness (QED) is 0.820. The number of benzene rings is 2. The Morgan fingerprint density at radius 3 is 2.57 bits per heavy atom. The number of carbonyl (C=O) groups is 1. The number of aryl methyl sites for hydroxylation is 2. The van der Waals surface area contributed by atoms with Gasteiger partial charge in [0.15, 0.2) is 0 Å². The van der Waals surface area contributed by atoms with Crippen LogP contribution >= 0.6 is 15.9 Å². The van der Waals surface area contributed by atoms with E-state index in [1.54, 1.807) is 6.07 Å². The van der Waals surface area contributed by atoms with E-state index < -0.39 is 0 Å². The van der Waals surface area contributed by atoms with Gasteiger partial charge in [-0.05, 0) is 55.7 Å². The molecule has 0 aromatic heterocycles. The normalized spacial score (nSPS) is 12.0. The number of nitrogen functional groups attached to an aromatic ring is 1. The minimum Gasteiger partial charge on any atom is -0.398 e. The maximum atomic E-state index is 12.4. The molecule has 2 aromatic carbocycles. The van der Waals surface area contributed by atoms with Crippen molar-refractivity contribution >= 4 is 27.5 Å². The number of anilines is 1. The van der Waals surface area contributed by atoms with Gasteiger partial charge >= 0.3 is 0 Å². The fourth-order valence-electron chi connectivity index (χ4n) is 2.25. The van der Waals surface area contributed by atoms with Crippen LogP contribution in [0.2, 0.25) is 0 Å². The molecule has 0 aliphatic carbocycles. The van der Waals surface area contributed by atoms with Crippen LogP contribution in [0.25, 0.3) is 0 Å². The Hall–Kier alpha value is -1.81. The zero-order valence-corrected chi connectivity index (χ0v) is 14.0. The summed E-state index contributed by atoms with van der Waals surface area (Å²) in [6.45, 7) is 5.83. The molecule has 0 saturated carbocycles. The van der Waals surface area contributed by atoms with Crippen molar-refractivity contribution in [2.24, 2.45) is 0 Å². The summed E-state index contributed by atoms with van der Waals surface area (Å²) in [7, 11) is 0. The molecule has 1 amide bonds. The maximum absolute atomic E-state index is 12.4. The van der Waals surface area contributed by atoms with Gasteiger partial charge in [-0.25, -0.2) is 0 Å². The Morgan fingerprint density at radius 1 is 1.19 bits per heavy atom. The largest absolute Gasteiger partial charge is 0.398 e. The molecule has 2 aromatic rings. The highest BCUT2D eigenvalue weighted by Crippen LogP contribution is 2.21. The topological polar surface area (TPSA) is 55.1 Å². The van der Waals surface area contributed by atoms with Crippen molar-refractivity contribution in [3.8, 4) is 0 Å². The van der Waals surface area contributed by atoms with Gasteiger partial charge in [0.05, 0.1) is 6.04 Å². The highest BCUT2D eigenvalue weighted by atomic mass is 79.9. The summed E-state index contributed by atoms with van der Waals surface area (Å²) < 4.78 is 0.997. The SMILES string of the molecule is Cc1cc(C)c(C(=O)NC(C)c2cccc(Br)c2)cc1N. The zero-order valence-electron chi connectivity index (χ0n) is 12.4. The first-order valence-electron chi connectivity index (χ1n) is 6.81. The molecule has 0 aliphatic rings. The van der Waals surface area contributed by atoms with Crippen LogP contribution in [0.3, 0.4) is 0 Å². The number of rotatable bonds is 3. The van der Waals surface area contributed by atoms with Crippen molar-refractivity contribution in [3.05, 3.63) is 63.1 Å². The third-order valence-electron chi connectivity index (χ3n) is 3.55. The molecule has 3 N–H and O–H groups in total. The fraction of sp³-hybridized carbons (Fsp3) is 0.235. The van der Waals surface area contributed by atoms with Crippen molar-refractivity contribution < 1.29 is 4.79 Å². The lowest BCUT2D eigenvalue weighted by molar-refractivity contribution is 0.0939. The van der Waals surface area contributed by atoms with Crippen molar-refractivity contribution in [2.45, 2.75) is 26.8 Å². The summed E-state index contributed by atoms with van der Waals surface area (Å²) in [5.74, 6) is -0.105. The van der Waals surface area contributed by atoms with Crippen LogP contribution in [0.1, 0.15) is 40.0 Å². The third-order valence-corrected chi connectivity index (χ3v) is 4.05. The minimum absolute atomic E-state index is 0.0723. The van der Waals surface area contributed by atoms with Crippen molar-refractivity contribution in [1.29, 1.82) is 0 Å². The maximum Gasteiger partial charge on any atom is 0.252 e. The van der Waals surface area contributed by atoms with Crippen LogP contribution < -0.4 is 11.1 Å². The van der Waals surface area contributed by atoms with E-state index in [9.17, 15) is 4.79 Å². The monoisotopic (exact) mass is 346 g/mol. The molecule has 0 aliphatic heterocycles. The van der Waals surface area contributed by atoms with E-state index >= 15 is 0 Å². The lowest BCUT2D eigenvalue weighted by atomic mass is 10.0. The molecule has 0 heterocycles. The van der Waals surface area contributed by atoms with E-state index in [0.717, 1.165) is 21.2 Å². The summed E-state index contributed by atoms with van der Waals surface area (Å²) in [4.78, 5) is 12.4. The highest BCUT2D eigenvalue weighted by Gasteiger charge is 2.14. The molecule has 0 fully saturated rings. The Balaban J connectivity index is 2.20. The lowest BCUT2D eigenvalue weighted by Gasteiger charge is -2.16. The Kier molecular flexibility index (Phi) is 4.68. The molecule has 0 saturated heterocycles. The van der Waals surface area contributed by atoms with Gasteiger partial charge in [0.2, 0.25) is 0 Å². The number of hydrogen-bond donors (Lipinski definition) is 2. The summed E-state index contributed by atoms with van der Waals surface area (Å²) in [5.41, 5.74) is 10.1. The van der Waals surface area contributed by atoms with E-state index in [0.29, 0.717) is 11.3 Å². The van der Waals surface area contributed by atoms with Crippen LogP contribution in [0.4, 0.5) is 5.69 Å². The third kappa shape index (κ3) is 3.64. The standard InChI is InChI=1S/C17H19BrN2O/c1-10-7-11(2)16(19)9-15(10)17(21)20-12(3)13-5-4-6-14(18)8-13/h4-9,12H,19H2,1-3H3,(H,20,21). The van der Waals surface area contributed by atoms with Crippen LogP contribution in [-0.4, -0.2) is 5.91 Å². The smallest absolute Gasteiger partial charge is 0.252 e. The van der Waals surface area contributed by atoms with E-state index in [4.69, 9.17) is 5.73 Å². The number of hydrogen-bond acceptors (Lipinski definition) is 2. The lowest BCUT2D eigenvalue weighted by Crippen LogP contribution is -2.27. The minimum atomic E-state index is -0.105. The van der Waals surface area contributed by atoms with Crippen molar-refractivity contribution in [2.75, 3.05) is 5.73 Å². The second-order valence-corrected chi connectivity index (χ2v) is 6.19. The number of nitrogens with two attached hydrogens (primary N) is 1. The highest BCUT2D eigenvalue weighted by molar-refractivity contribution is 9.10. The molecule has 1 unspecified atom stereocenters. The number of nitrogens with one attached hydrogen (secondary N) is 1. The van der Waals surface area contributed by atoms with Gasteiger partial charge in [-0.15, -0.1) is 0 Å². The van der Waals surface area contributed by atoms with Gasteiger partial charge in [0, 0.05) is 15.7 Å². The van der Waals surface area contributed by atoms with E-state index in [1.165, 1.54) is 0 Å². The molecule has 3 nitrogen and oxygen atoms in total. The van der Waals surface area contributed by atoms with Crippen molar-refractivity contribution in [3.63, 3.8) is 0 Å². The van der Waals surface area contributed by atoms with Crippen LogP contribution in [0.15, 0.2) is 40.9 Å².